The number of imide groups is 1. The molecule has 7 nitrogen and oxygen atoms in total. The van der Waals surface area contributed by atoms with E-state index in [2.05, 4.69) is 45.5 Å². The number of nitrogens with zero attached hydrogens (tertiary/aromatic N) is 3. The number of amides is 2. The Balaban J connectivity index is 1.23. The van der Waals surface area contributed by atoms with E-state index in [4.69, 9.17) is 0 Å². The summed E-state index contributed by atoms with van der Waals surface area (Å²) >= 11 is 0. The third-order valence-electron chi connectivity index (χ3n) is 9.31. The molecule has 1 aliphatic carbocycles. The highest BCUT2D eigenvalue weighted by Gasteiger charge is 2.50. The van der Waals surface area contributed by atoms with E-state index in [0.29, 0.717) is 43.6 Å². The van der Waals surface area contributed by atoms with Crippen LogP contribution < -0.4 is 5.32 Å². The molecule has 2 aliphatic heterocycles. The lowest BCUT2D eigenvalue weighted by molar-refractivity contribution is -0.134. The van der Waals surface area contributed by atoms with Crippen LogP contribution in [0.4, 0.5) is 4.39 Å². The quantitative estimate of drug-likeness (QED) is 0.460. The average Bonchev–Trinajstić information content (AvgIpc) is 3.73. The number of carbonyl (C=O) groups excluding carboxylic acids is 2. The molecule has 1 saturated carbocycles. The van der Waals surface area contributed by atoms with E-state index < -0.39 is 28.7 Å². The molecule has 3 aromatic rings. The first-order valence-electron chi connectivity index (χ1n) is 13.9. The highest BCUT2D eigenvalue weighted by atomic mass is 19.1. The van der Waals surface area contributed by atoms with Gasteiger partial charge in [-0.2, -0.15) is 5.26 Å². The topological polar surface area (TPSA) is 106 Å². The lowest BCUT2D eigenvalue weighted by atomic mass is 9.66. The lowest BCUT2D eigenvalue weighted by Crippen LogP contribution is -2.55. The largest absolute Gasteiger partial charge is 0.384 e. The van der Waals surface area contributed by atoms with Gasteiger partial charge < -0.3 is 5.11 Å². The van der Waals surface area contributed by atoms with Gasteiger partial charge in [0.05, 0.1) is 28.5 Å². The second kappa shape index (κ2) is 9.46. The van der Waals surface area contributed by atoms with Crippen molar-refractivity contribution in [3.63, 3.8) is 0 Å². The van der Waals surface area contributed by atoms with E-state index >= 15 is 4.39 Å². The molecule has 3 aliphatic rings. The molecule has 0 unspecified atom stereocenters. The summed E-state index contributed by atoms with van der Waals surface area (Å²) in [6.45, 7) is 5.80. The number of benzene rings is 2. The minimum Gasteiger partial charge on any atom is -0.384 e. The zero-order valence-corrected chi connectivity index (χ0v) is 22.8. The van der Waals surface area contributed by atoms with Gasteiger partial charge in [-0.15, -0.1) is 0 Å². The molecule has 2 aromatic carbocycles. The molecule has 8 heteroatoms. The molecule has 206 valence electrons. The van der Waals surface area contributed by atoms with Crippen LogP contribution in [-0.4, -0.2) is 39.9 Å². The standard InChI is InChI=1S/C32H33FN4O3/c1-30(2)19-37(17-20-3-5-22(6-4-20)31(18-34)11-12-31)14-13-32(30,40)25-8-9-26-24(28(25)33)15-21(16-35-26)23-7-10-27(38)36-29(23)39/h3-6,8-9,15-16,23,40H,7,10-14,17,19H2,1-2H3,(H,36,38,39)/t23-,32-/m1/s1. The Kier molecular flexibility index (Phi) is 6.28. The van der Waals surface area contributed by atoms with Crippen LogP contribution in [0.1, 0.15) is 74.1 Å². The van der Waals surface area contributed by atoms with E-state index in [0.717, 1.165) is 24.0 Å². The fourth-order valence-electron chi connectivity index (χ4n) is 6.54. The van der Waals surface area contributed by atoms with Crippen LogP contribution in [0.5, 0.6) is 0 Å². The molecule has 40 heavy (non-hydrogen) atoms. The van der Waals surface area contributed by atoms with Crippen molar-refractivity contribution < 1.29 is 19.1 Å². The Morgan fingerprint density at radius 2 is 1.90 bits per heavy atom. The van der Waals surface area contributed by atoms with E-state index in [-0.39, 0.29) is 28.7 Å². The Hall–Kier alpha value is -3.67. The van der Waals surface area contributed by atoms with Crippen LogP contribution in [0.15, 0.2) is 48.7 Å². The minimum absolute atomic E-state index is 0.228. The second-order valence-electron chi connectivity index (χ2n) is 12.4. The first-order chi connectivity index (χ1) is 19.0. The van der Waals surface area contributed by atoms with Crippen molar-refractivity contribution in [2.24, 2.45) is 5.41 Å². The number of hydrogen-bond acceptors (Lipinski definition) is 6. The van der Waals surface area contributed by atoms with E-state index in [9.17, 15) is 20.0 Å². The van der Waals surface area contributed by atoms with Gasteiger partial charge in [0.15, 0.2) is 0 Å². The zero-order valence-electron chi connectivity index (χ0n) is 22.8. The molecular formula is C32H33FN4O3. The van der Waals surface area contributed by atoms with Gasteiger partial charge in [-0.3, -0.25) is 24.8 Å². The van der Waals surface area contributed by atoms with Gasteiger partial charge >= 0.3 is 0 Å². The van der Waals surface area contributed by atoms with Gasteiger partial charge in [-0.1, -0.05) is 44.2 Å². The molecule has 1 aromatic heterocycles. The first-order valence-corrected chi connectivity index (χ1v) is 13.9. The number of nitriles is 1. The number of aliphatic hydroxyl groups is 1. The molecule has 2 amide bonds. The Morgan fingerprint density at radius 1 is 1.15 bits per heavy atom. The summed E-state index contributed by atoms with van der Waals surface area (Å²) in [6, 6.07) is 15.7. The summed E-state index contributed by atoms with van der Waals surface area (Å²) in [6.07, 6.45) is 4.34. The van der Waals surface area contributed by atoms with Crippen molar-refractivity contribution in [1.82, 2.24) is 15.2 Å². The van der Waals surface area contributed by atoms with Crippen molar-refractivity contribution in [1.29, 1.82) is 5.26 Å². The van der Waals surface area contributed by atoms with Crippen molar-refractivity contribution in [3.05, 3.63) is 76.7 Å². The molecule has 2 N–H and O–H groups in total. The number of rotatable bonds is 5. The van der Waals surface area contributed by atoms with E-state index in [1.807, 2.05) is 13.8 Å². The van der Waals surface area contributed by atoms with Crippen LogP contribution in [0.2, 0.25) is 0 Å². The van der Waals surface area contributed by atoms with Gasteiger partial charge in [0, 0.05) is 48.6 Å². The number of likely N-dealkylation sites (tertiary alicyclic amines) is 1. The maximum absolute atomic E-state index is 16.2. The van der Waals surface area contributed by atoms with Crippen LogP contribution in [0.25, 0.3) is 10.9 Å². The number of hydrogen-bond donors (Lipinski definition) is 2. The fourth-order valence-corrected chi connectivity index (χ4v) is 6.54. The highest BCUT2D eigenvalue weighted by Crippen LogP contribution is 2.49. The van der Waals surface area contributed by atoms with Crippen molar-refractivity contribution in [2.45, 2.75) is 69.4 Å². The molecule has 3 fully saturated rings. The minimum atomic E-state index is -1.40. The van der Waals surface area contributed by atoms with E-state index in [1.54, 1.807) is 24.4 Å². The lowest BCUT2D eigenvalue weighted by Gasteiger charge is -2.50. The average molecular weight is 541 g/mol. The summed E-state index contributed by atoms with van der Waals surface area (Å²) in [4.78, 5) is 30.6. The van der Waals surface area contributed by atoms with Crippen LogP contribution >= 0.6 is 0 Å². The molecule has 0 radical (unpaired) electrons. The van der Waals surface area contributed by atoms with Gasteiger partial charge in [-0.25, -0.2) is 4.39 Å². The number of pyridine rings is 1. The molecule has 0 bridgehead atoms. The molecule has 6 rings (SSSR count). The van der Waals surface area contributed by atoms with Gasteiger partial charge in [0.1, 0.15) is 5.82 Å². The predicted octanol–water partition coefficient (Wildman–Crippen LogP) is 4.57. The molecule has 2 saturated heterocycles. The van der Waals surface area contributed by atoms with Crippen LogP contribution in [0, 0.1) is 22.6 Å². The molecule has 0 spiro atoms. The predicted molar refractivity (Wildman–Crippen MR) is 147 cm³/mol. The highest BCUT2D eigenvalue weighted by molar-refractivity contribution is 6.01. The fraction of sp³-hybridized carbons (Fsp3) is 0.438. The van der Waals surface area contributed by atoms with Gasteiger partial charge in [0.25, 0.3) is 0 Å². The number of carbonyl (C=O) groups is 2. The Bertz CT molecular complexity index is 1560. The van der Waals surface area contributed by atoms with Gasteiger partial charge in [0.2, 0.25) is 11.8 Å². The number of fused-ring (bicyclic) bond motifs is 1. The molecular weight excluding hydrogens is 507 g/mol. The normalized spacial score (nSPS) is 25.8. The molecule has 3 heterocycles. The Morgan fingerprint density at radius 3 is 2.55 bits per heavy atom. The van der Waals surface area contributed by atoms with E-state index in [1.165, 1.54) is 0 Å². The maximum atomic E-state index is 16.2. The van der Waals surface area contributed by atoms with Crippen molar-refractivity contribution >= 4 is 22.7 Å². The van der Waals surface area contributed by atoms with Crippen molar-refractivity contribution in [3.8, 4) is 6.07 Å². The number of aromatic nitrogens is 1. The SMILES string of the molecule is CC1(C)CN(Cc2ccc(C3(C#N)CC3)cc2)CC[C@@]1(O)c1ccc2ncc([C@H]3CCC(=O)NC3=O)cc2c1F. The summed E-state index contributed by atoms with van der Waals surface area (Å²) in [5.74, 6) is -1.79. The number of nitrogens with one attached hydrogen (secondary N) is 1. The summed E-state index contributed by atoms with van der Waals surface area (Å²) in [5, 5.41) is 24.1. The van der Waals surface area contributed by atoms with Crippen LogP contribution in [0.3, 0.4) is 0 Å². The van der Waals surface area contributed by atoms with Crippen LogP contribution in [-0.2, 0) is 27.1 Å². The van der Waals surface area contributed by atoms with Gasteiger partial charge in [-0.05, 0) is 54.5 Å². The number of halogens is 1. The monoisotopic (exact) mass is 540 g/mol. The third-order valence-corrected chi connectivity index (χ3v) is 9.31. The summed E-state index contributed by atoms with van der Waals surface area (Å²) in [7, 11) is 0. The summed E-state index contributed by atoms with van der Waals surface area (Å²) in [5.41, 5.74) is 1.10. The second-order valence-corrected chi connectivity index (χ2v) is 12.4. The first kappa shape index (κ1) is 26.5. The summed E-state index contributed by atoms with van der Waals surface area (Å²) < 4.78 is 16.2. The smallest absolute Gasteiger partial charge is 0.234 e. The maximum Gasteiger partial charge on any atom is 0.234 e. The zero-order chi connectivity index (χ0) is 28.3. The Labute approximate surface area is 233 Å². The number of piperidine rings is 2. The third kappa shape index (κ3) is 4.38. The van der Waals surface area contributed by atoms with Crippen molar-refractivity contribution in [2.75, 3.05) is 13.1 Å². The molecule has 2 atom stereocenters.